The topological polar surface area (TPSA) is 58.2 Å². The maximum Gasteiger partial charge on any atom is 0.166 e. The first kappa shape index (κ1) is 18.6. The van der Waals surface area contributed by atoms with Gasteiger partial charge in [0.2, 0.25) is 0 Å². The molecule has 1 aromatic rings. The van der Waals surface area contributed by atoms with Crippen LogP contribution in [0.25, 0.3) is 0 Å². The first-order chi connectivity index (χ1) is 11.2. The number of nitrogens with zero attached hydrogens (tertiary/aromatic N) is 1. The summed E-state index contributed by atoms with van der Waals surface area (Å²) in [7, 11) is 1.97. The van der Waals surface area contributed by atoms with Crippen LogP contribution in [-0.2, 0) is 4.74 Å². The average Bonchev–Trinajstić information content (AvgIpc) is 3.23. The van der Waals surface area contributed by atoms with Crippen LogP contribution in [0.15, 0.2) is 10.9 Å². The highest BCUT2D eigenvalue weighted by molar-refractivity contribution is 7.80. The summed E-state index contributed by atoms with van der Waals surface area (Å²) >= 11 is 6.87. The van der Waals surface area contributed by atoms with Crippen LogP contribution in [0.1, 0.15) is 44.4 Å². The minimum absolute atomic E-state index is 0.0589. The molecule has 23 heavy (non-hydrogen) atoms. The molecule has 2 rings (SSSR count). The van der Waals surface area contributed by atoms with Crippen molar-refractivity contribution in [3.8, 4) is 0 Å². The smallest absolute Gasteiger partial charge is 0.166 e. The summed E-state index contributed by atoms with van der Waals surface area (Å²) in [6, 6.07) is 0.402. The van der Waals surface area contributed by atoms with Crippen LogP contribution in [0.4, 0.5) is 0 Å². The van der Waals surface area contributed by atoms with Crippen LogP contribution in [0, 0.1) is 5.92 Å². The Morgan fingerprint density at radius 3 is 2.96 bits per heavy atom. The summed E-state index contributed by atoms with van der Waals surface area (Å²) in [5.41, 5.74) is 2.90. The summed E-state index contributed by atoms with van der Waals surface area (Å²) in [6.45, 7) is 4.71. The monoisotopic (exact) mass is 356 g/mol. The number of thiazole rings is 1. The van der Waals surface area contributed by atoms with E-state index >= 15 is 0 Å². The average molecular weight is 357 g/mol. The first-order valence-corrected chi connectivity index (χ1v) is 9.72. The van der Waals surface area contributed by atoms with Gasteiger partial charge < -0.3 is 20.7 Å². The van der Waals surface area contributed by atoms with Crippen LogP contribution >= 0.6 is 23.6 Å². The Morgan fingerprint density at radius 1 is 1.48 bits per heavy atom. The predicted molar refractivity (Wildman–Crippen MR) is 99.9 cm³/mol. The molecule has 0 aromatic carbocycles. The van der Waals surface area contributed by atoms with Gasteiger partial charge in [-0.05, 0) is 57.8 Å². The number of thiocarbonyl (C=S) groups is 1. The molecule has 7 heteroatoms. The molecule has 0 spiro atoms. The Kier molecular flexibility index (Phi) is 8.22. The Bertz CT molecular complexity index is 451. The molecule has 2 unspecified atom stereocenters. The highest BCUT2D eigenvalue weighted by Gasteiger charge is 2.20. The van der Waals surface area contributed by atoms with Crippen molar-refractivity contribution >= 4 is 28.7 Å². The van der Waals surface area contributed by atoms with E-state index in [0.29, 0.717) is 12.6 Å². The highest BCUT2D eigenvalue weighted by atomic mass is 32.1. The number of nitrogens with one attached hydrogen (secondary N) is 3. The summed E-state index contributed by atoms with van der Waals surface area (Å²) in [5.74, 6) is 0.839. The highest BCUT2D eigenvalue weighted by Crippen LogP contribution is 2.27. The number of rotatable bonds is 11. The van der Waals surface area contributed by atoms with Crippen molar-refractivity contribution < 1.29 is 4.74 Å². The molecule has 1 saturated carbocycles. The minimum Gasteiger partial charge on any atom is -0.372 e. The van der Waals surface area contributed by atoms with Crippen molar-refractivity contribution in [1.29, 1.82) is 0 Å². The molecule has 0 amide bonds. The van der Waals surface area contributed by atoms with Crippen LogP contribution < -0.4 is 16.0 Å². The Labute approximate surface area is 148 Å². The van der Waals surface area contributed by atoms with Gasteiger partial charge in [0.1, 0.15) is 6.10 Å². The largest absolute Gasteiger partial charge is 0.372 e. The molecule has 0 bridgehead atoms. The third kappa shape index (κ3) is 7.56. The Hall–Kier alpha value is -0.760. The van der Waals surface area contributed by atoms with Gasteiger partial charge in [-0.15, -0.1) is 11.3 Å². The molecule has 1 heterocycles. The van der Waals surface area contributed by atoms with Crippen molar-refractivity contribution in [3.05, 3.63) is 16.6 Å². The molecule has 0 saturated heterocycles. The maximum absolute atomic E-state index is 6.05. The lowest BCUT2D eigenvalue weighted by molar-refractivity contribution is 0.0377. The molecule has 3 N–H and O–H groups in total. The molecule has 0 radical (unpaired) electrons. The zero-order valence-electron chi connectivity index (χ0n) is 14.0. The van der Waals surface area contributed by atoms with Gasteiger partial charge in [0, 0.05) is 31.1 Å². The van der Waals surface area contributed by atoms with Gasteiger partial charge in [-0.3, -0.25) is 0 Å². The van der Waals surface area contributed by atoms with Crippen molar-refractivity contribution in [1.82, 2.24) is 20.9 Å². The van der Waals surface area contributed by atoms with Crippen molar-refractivity contribution in [2.45, 2.75) is 44.8 Å². The molecule has 5 nitrogen and oxygen atoms in total. The zero-order chi connectivity index (χ0) is 16.5. The molecule has 130 valence electrons. The number of hydrogen-bond donors (Lipinski definition) is 3. The van der Waals surface area contributed by atoms with Crippen molar-refractivity contribution in [2.24, 2.45) is 5.92 Å². The summed E-state index contributed by atoms with van der Waals surface area (Å²) in [4.78, 5) is 4.40. The molecule has 1 fully saturated rings. The molecular weight excluding hydrogens is 328 g/mol. The van der Waals surface area contributed by atoms with Crippen LogP contribution in [0.5, 0.6) is 0 Å². The van der Waals surface area contributed by atoms with Crippen molar-refractivity contribution in [3.63, 3.8) is 0 Å². The van der Waals surface area contributed by atoms with Gasteiger partial charge in [-0.2, -0.15) is 0 Å². The van der Waals surface area contributed by atoms with E-state index in [1.807, 2.05) is 12.6 Å². The fraction of sp³-hybridized carbons (Fsp3) is 0.750. The predicted octanol–water partition coefficient (Wildman–Crippen LogP) is 2.46. The van der Waals surface area contributed by atoms with E-state index in [4.69, 9.17) is 17.0 Å². The number of ether oxygens (including phenoxy) is 1. The normalized spacial score (nSPS) is 16.8. The molecule has 2 atom stereocenters. The summed E-state index contributed by atoms with van der Waals surface area (Å²) in [6.07, 6.45) is 4.59. The van der Waals surface area contributed by atoms with Crippen molar-refractivity contribution in [2.75, 3.05) is 26.7 Å². The van der Waals surface area contributed by atoms with Gasteiger partial charge in [-0.1, -0.05) is 0 Å². The van der Waals surface area contributed by atoms with E-state index in [9.17, 15) is 0 Å². The molecule has 1 aliphatic carbocycles. The molecule has 1 aliphatic rings. The molecular formula is C16H28N4OS2. The van der Waals surface area contributed by atoms with E-state index in [0.717, 1.165) is 42.7 Å². The van der Waals surface area contributed by atoms with E-state index in [1.165, 1.54) is 12.8 Å². The maximum atomic E-state index is 6.05. The second kappa shape index (κ2) is 10.2. The fourth-order valence-electron chi connectivity index (χ4n) is 2.22. The molecule has 0 aliphatic heterocycles. The van der Waals surface area contributed by atoms with Gasteiger partial charge in [0.05, 0.1) is 11.2 Å². The first-order valence-electron chi connectivity index (χ1n) is 8.37. The minimum atomic E-state index is 0.0589. The summed E-state index contributed by atoms with van der Waals surface area (Å²) in [5, 5.41) is 12.6. The SMILES string of the molecule is CNC(C)CC(OCCCNC(=S)NCC1CC1)c1cscn1. The zero-order valence-corrected chi connectivity index (χ0v) is 15.6. The standard InChI is InChI=1S/C16H28N4OS2/c1-12(17-2)8-15(14-10-23-11-20-14)21-7-3-6-18-16(22)19-9-13-4-5-13/h10-13,15,17H,3-9H2,1-2H3,(H2,18,19,22). The van der Waals surface area contributed by atoms with Gasteiger partial charge >= 0.3 is 0 Å². The third-order valence-corrected chi connectivity index (χ3v) is 4.91. The molecule has 1 aromatic heterocycles. The second-order valence-electron chi connectivity index (χ2n) is 6.13. The third-order valence-electron chi connectivity index (χ3n) is 4.02. The number of hydrogen-bond acceptors (Lipinski definition) is 5. The fourth-order valence-corrected chi connectivity index (χ4v) is 3.00. The van der Waals surface area contributed by atoms with Gasteiger partial charge in [-0.25, -0.2) is 4.98 Å². The van der Waals surface area contributed by atoms with E-state index in [2.05, 4.69) is 33.2 Å². The van der Waals surface area contributed by atoms with E-state index < -0.39 is 0 Å². The Morgan fingerprint density at radius 2 is 2.30 bits per heavy atom. The van der Waals surface area contributed by atoms with Crippen LogP contribution in [-0.4, -0.2) is 42.9 Å². The van der Waals surface area contributed by atoms with Crippen LogP contribution in [0.3, 0.4) is 0 Å². The van der Waals surface area contributed by atoms with Crippen LogP contribution in [0.2, 0.25) is 0 Å². The van der Waals surface area contributed by atoms with E-state index in [-0.39, 0.29) is 6.10 Å². The quantitative estimate of drug-likeness (QED) is 0.418. The lowest BCUT2D eigenvalue weighted by Crippen LogP contribution is -2.37. The lowest BCUT2D eigenvalue weighted by atomic mass is 10.1. The summed E-state index contributed by atoms with van der Waals surface area (Å²) < 4.78 is 6.05. The Balaban J connectivity index is 1.60. The van der Waals surface area contributed by atoms with Gasteiger partial charge in [0.25, 0.3) is 0 Å². The number of aromatic nitrogens is 1. The second-order valence-corrected chi connectivity index (χ2v) is 7.26. The lowest BCUT2D eigenvalue weighted by Gasteiger charge is -2.20. The van der Waals surface area contributed by atoms with Gasteiger partial charge in [0.15, 0.2) is 5.11 Å². The van der Waals surface area contributed by atoms with E-state index in [1.54, 1.807) is 11.3 Å².